The van der Waals surface area contributed by atoms with Crippen molar-refractivity contribution in [3.63, 3.8) is 0 Å². The number of nitrogens with zero attached hydrogens (tertiary/aromatic N) is 2. The summed E-state index contributed by atoms with van der Waals surface area (Å²) in [5, 5.41) is 0. The fourth-order valence-corrected chi connectivity index (χ4v) is 3.30. The number of ether oxygens (including phenoxy) is 1. The van der Waals surface area contributed by atoms with Crippen LogP contribution in [0.25, 0.3) is 0 Å². The third-order valence-electron chi connectivity index (χ3n) is 4.78. The molecule has 1 amide bonds. The van der Waals surface area contributed by atoms with Crippen LogP contribution in [0.15, 0.2) is 36.4 Å². The molecule has 0 radical (unpaired) electrons. The molecular formula is C20H22F2N2O2. The second-order valence-corrected chi connectivity index (χ2v) is 6.57. The standard InChI is InChI=1S/C20H22F2N2O2/c1-13-4-6-15(7-5-13)23-10-11-24(14(2)12-23)20(25)18-17(26-3)9-8-16(21)19(18)22/h4-9,14H,10-12H2,1-3H3/t14-/m1/s1. The Morgan fingerprint density at radius 1 is 1.12 bits per heavy atom. The Bertz CT molecular complexity index is 808. The maximum absolute atomic E-state index is 14.2. The Morgan fingerprint density at radius 3 is 2.42 bits per heavy atom. The van der Waals surface area contributed by atoms with Crippen LogP contribution in [0.2, 0.25) is 0 Å². The fraction of sp³-hybridized carbons (Fsp3) is 0.350. The second kappa shape index (κ2) is 7.32. The number of benzene rings is 2. The number of piperazine rings is 1. The summed E-state index contributed by atoms with van der Waals surface area (Å²) >= 11 is 0. The molecule has 1 fully saturated rings. The first-order valence-corrected chi connectivity index (χ1v) is 8.57. The molecule has 0 N–H and O–H groups in total. The molecule has 1 aliphatic heterocycles. The number of hydrogen-bond donors (Lipinski definition) is 0. The third-order valence-corrected chi connectivity index (χ3v) is 4.78. The number of aryl methyl sites for hydroxylation is 1. The molecule has 1 heterocycles. The lowest BCUT2D eigenvalue weighted by Crippen LogP contribution is -2.54. The van der Waals surface area contributed by atoms with E-state index in [9.17, 15) is 13.6 Å². The largest absolute Gasteiger partial charge is 0.496 e. The molecule has 138 valence electrons. The van der Waals surface area contributed by atoms with E-state index in [1.54, 1.807) is 4.90 Å². The number of carbonyl (C=O) groups excluding carboxylic acids is 1. The molecule has 1 aliphatic rings. The first kappa shape index (κ1) is 18.2. The number of anilines is 1. The normalized spacial score (nSPS) is 17.3. The number of amides is 1. The molecule has 0 unspecified atom stereocenters. The summed E-state index contributed by atoms with van der Waals surface area (Å²) in [6.07, 6.45) is 0. The van der Waals surface area contributed by atoms with Crippen LogP contribution in [0.1, 0.15) is 22.8 Å². The number of methoxy groups -OCH3 is 1. The van der Waals surface area contributed by atoms with Gasteiger partial charge in [-0.25, -0.2) is 8.78 Å². The van der Waals surface area contributed by atoms with Gasteiger partial charge in [-0.1, -0.05) is 17.7 Å². The van der Waals surface area contributed by atoms with Gasteiger partial charge in [-0.2, -0.15) is 0 Å². The minimum absolute atomic E-state index is 0.0436. The monoisotopic (exact) mass is 360 g/mol. The van der Waals surface area contributed by atoms with Crippen molar-refractivity contribution in [3.8, 4) is 5.75 Å². The SMILES string of the molecule is COc1ccc(F)c(F)c1C(=O)N1CCN(c2ccc(C)cc2)C[C@H]1C. The number of rotatable bonds is 3. The van der Waals surface area contributed by atoms with Gasteiger partial charge in [0.15, 0.2) is 11.6 Å². The van der Waals surface area contributed by atoms with E-state index in [1.165, 1.54) is 18.7 Å². The molecule has 0 saturated carbocycles. The molecule has 4 nitrogen and oxygen atoms in total. The van der Waals surface area contributed by atoms with E-state index in [0.29, 0.717) is 19.6 Å². The van der Waals surface area contributed by atoms with Crippen molar-refractivity contribution < 1.29 is 18.3 Å². The van der Waals surface area contributed by atoms with E-state index in [4.69, 9.17) is 4.74 Å². The lowest BCUT2D eigenvalue weighted by Gasteiger charge is -2.41. The average molecular weight is 360 g/mol. The van der Waals surface area contributed by atoms with Crippen LogP contribution < -0.4 is 9.64 Å². The van der Waals surface area contributed by atoms with E-state index >= 15 is 0 Å². The molecule has 3 rings (SSSR count). The van der Waals surface area contributed by atoms with Crippen molar-refractivity contribution in [1.82, 2.24) is 4.90 Å². The van der Waals surface area contributed by atoms with Crippen molar-refractivity contribution in [2.45, 2.75) is 19.9 Å². The van der Waals surface area contributed by atoms with Gasteiger partial charge in [-0.3, -0.25) is 4.79 Å². The molecule has 1 atom stereocenters. The molecule has 26 heavy (non-hydrogen) atoms. The maximum atomic E-state index is 14.2. The van der Waals surface area contributed by atoms with Gasteiger partial charge in [0.25, 0.3) is 5.91 Å². The van der Waals surface area contributed by atoms with Crippen LogP contribution in [-0.2, 0) is 0 Å². The summed E-state index contributed by atoms with van der Waals surface area (Å²) in [6.45, 7) is 5.60. The molecule has 6 heteroatoms. The highest BCUT2D eigenvalue weighted by Gasteiger charge is 2.32. The number of carbonyl (C=O) groups is 1. The van der Waals surface area contributed by atoms with Crippen molar-refractivity contribution in [2.75, 3.05) is 31.6 Å². The highest BCUT2D eigenvalue weighted by molar-refractivity contribution is 5.97. The number of halogens is 2. The topological polar surface area (TPSA) is 32.8 Å². The maximum Gasteiger partial charge on any atom is 0.261 e. The molecule has 2 aromatic carbocycles. The predicted molar refractivity (Wildman–Crippen MR) is 96.8 cm³/mol. The molecule has 0 aliphatic carbocycles. The zero-order valence-electron chi connectivity index (χ0n) is 15.1. The third kappa shape index (κ3) is 3.36. The lowest BCUT2D eigenvalue weighted by molar-refractivity contribution is 0.0664. The quantitative estimate of drug-likeness (QED) is 0.838. The predicted octanol–water partition coefficient (Wildman–Crippen LogP) is 3.63. The molecule has 0 bridgehead atoms. The van der Waals surface area contributed by atoms with Crippen molar-refractivity contribution >= 4 is 11.6 Å². The van der Waals surface area contributed by atoms with Gasteiger partial charge in [-0.05, 0) is 38.1 Å². The van der Waals surface area contributed by atoms with Gasteiger partial charge in [-0.15, -0.1) is 0 Å². The lowest BCUT2D eigenvalue weighted by atomic mass is 10.1. The van der Waals surface area contributed by atoms with E-state index in [-0.39, 0.29) is 17.4 Å². The van der Waals surface area contributed by atoms with Crippen molar-refractivity contribution in [1.29, 1.82) is 0 Å². The van der Waals surface area contributed by atoms with Crippen LogP contribution in [0.3, 0.4) is 0 Å². The Morgan fingerprint density at radius 2 is 1.81 bits per heavy atom. The smallest absolute Gasteiger partial charge is 0.261 e. The van der Waals surface area contributed by atoms with Gasteiger partial charge in [0.1, 0.15) is 11.3 Å². The molecular weight excluding hydrogens is 338 g/mol. The van der Waals surface area contributed by atoms with Crippen molar-refractivity contribution in [3.05, 3.63) is 59.2 Å². The molecule has 1 saturated heterocycles. The van der Waals surface area contributed by atoms with E-state index in [1.807, 2.05) is 26.0 Å². The Labute approximate surface area is 152 Å². The highest BCUT2D eigenvalue weighted by atomic mass is 19.2. The fourth-order valence-electron chi connectivity index (χ4n) is 3.30. The van der Waals surface area contributed by atoms with E-state index < -0.39 is 17.5 Å². The van der Waals surface area contributed by atoms with Gasteiger partial charge >= 0.3 is 0 Å². The highest BCUT2D eigenvalue weighted by Crippen LogP contribution is 2.27. The zero-order chi connectivity index (χ0) is 18.8. The summed E-state index contributed by atoms with van der Waals surface area (Å²) in [5.41, 5.74) is 1.93. The Hall–Kier alpha value is -2.63. The summed E-state index contributed by atoms with van der Waals surface area (Å²) in [7, 11) is 1.34. The summed E-state index contributed by atoms with van der Waals surface area (Å²) < 4.78 is 32.9. The van der Waals surface area contributed by atoms with Crippen LogP contribution >= 0.6 is 0 Å². The van der Waals surface area contributed by atoms with Crippen LogP contribution in [0.4, 0.5) is 14.5 Å². The van der Waals surface area contributed by atoms with Crippen LogP contribution in [-0.4, -0.2) is 43.6 Å². The van der Waals surface area contributed by atoms with E-state index in [0.717, 1.165) is 11.8 Å². The average Bonchev–Trinajstić information content (AvgIpc) is 2.64. The Balaban J connectivity index is 1.81. The van der Waals surface area contributed by atoms with Crippen LogP contribution in [0, 0.1) is 18.6 Å². The summed E-state index contributed by atoms with van der Waals surface area (Å²) in [6, 6.07) is 10.3. The molecule has 0 aromatic heterocycles. The minimum Gasteiger partial charge on any atom is -0.496 e. The van der Waals surface area contributed by atoms with Gasteiger partial charge in [0, 0.05) is 31.4 Å². The minimum atomic E-state index is -1.16. The molecule has 0 spiro atoms. The summed E-state index contributed by atoms with van der Waals surface area (Å²) in [5.74, 6) is -2.72. The van der Waals surface area contributed by atoms with Gasteiger partial charge in [0.2, 0.25) is 0 Å². The Kier molecular flexibility index (Phi) is 5.11. The molecule has 2 aromatic rings. The van der Waals surface area contributed by atoms with Gasteiger partial charge < -0.3 is 14.5 Å². The van der Waals surface area contributed by atoms with Crippen LogP contribution in [0.5, 0.6) is 5.75 Å². The zero-order valence-corrected chi connectivity index (χ0v) is 15.1. The first-order chi connectivity index (χ1) is 12.4. The second-order valence-electron chi connectivity index (χ2n) is 6.57. The summed E-state index contributed by atoms with van der Waals surface area (Å²) in [4.78, 5) is 16.6. The number of hydrogen-bond acceptors (Lipinski definition) is 3. The van der Waals surface area contributed by atoms with Gasteiger partial charge in [0.05, 0.1) is 7.11 Å². The van der Waals surface area contributed by atoms with E-state index in [2.05, 4.69) is 17.0 Å². The van der Waals surface area contributed by atoms with Crippen molar-refractivity contribution in [2.24, 2.45) is 0 Å². The first-order valence-electron chi connectivity index (χ1n) is 8.57.